The molecule has 2 atom stereocenters. The van der Waals surface area contributed by atoms with E-state index >= 15 is 0 Å². The third-order valence-corrected chi connectivity index (χ3v) is 7.59. The molecule has 132 valence electrons. The molecule has 4 nitrogen and oxygen atoms in total. The van der Waals surface area contributed by atoms with Gasteiger partial charge in [-0.3, -0.25) is 0 Å². The average molecular weight is 349 g/mol. The number of rotatable bonds is 3. The van der Waals surface area contributed by atoms with Gasteiger partial charge in [0.15, 0.2) is 0 Å². The monoisotopic (exact) mass is 349 g/mol. The zero-order valence-corrected chi connectivity index (χ0v) is 15.5. The molecule has 0 aromatic heterocycles. The van der Waals surface area contributed by atoms with E-state index in [2.05, 4.69) is 6.08 Å². The zero-order chi connectivity index (χ0) is 17.5. The van der Waals surface area contributed by atoms with Crippen LogP contribution in [0.1, 0.15) is 45.1 Å². The number of allylic oxidation sites excluding steroid dienone is 1. The van der Waals surface area contributed by atoms with Gasteiger partial charge >= 0.3 is 0 Å². The van der Waals surface area contributed by atoms with E-state index in [9.17, 15) is 13.5 Å². The Morgan fingerprint density at radius 3 is 2.42 bits per heavy atom. The molecule has 0 radical (unpaired) electrons. The Hall–Kier alpha value is -1.17. The standard InChI is InChI=1S/C19H27NO3S/c1-14-9-11-16(12-10-14)24(22,23)20-13-17(18(21)19(20,2)3)15-7-5-4-6-8-15/h7,9-12,17-18,21H,4-6,8,13H2,1-3H3/t17-,18-/m0/s1. The highest BCUT2D eigenvalue weighted by molar-refractivity contribution is 7.89. The molecular weight excluding hydrogens is 322 g/mol. The summed E-state index contributed by atoms with van der Waals surface area (Å²) in [6, 6.07) is 6.93. The van der Waals surface area contributed by atoms with E-state index in [1.807, 2.05) is 32.9 Å². The summed E-state index contributed by atoms with van der Waals surface area (Å²) in [5, 5.41) is 10.8. The molecule has 3 rings (SSSR count). The van der Waals surface area contributed by atoms with Crippen LogP contribution < -0.4 is 0 Å². The minimum atomic E-state index is -3.62. The third kappa shape index (κ3) is 2.93. The summed E-state index contributed by atoms with van der Waals surface area (Å²) in [4.78, 5) is 0.298. The van der Waals surface area contributed by atoms with E-state index < -0.39 is 21.7 Å². The summed E-state index contributed by atoms with van der Waals surface area (Å²) >= 11 is 0. The van der Waals surface area contributed by atoms with Gasteiger partial charge in [0.05, 0.1) is 16.5 Å². The van der Waals surface area contributed by atoms with Gasteiger partial charge in [0.2, 0.25) is 10.0 Å². The van der Waals surface area contributed by atoms with Crippen molar-refractivity contribution in [3.63, 3.8) is 0 Å². The Labute approximate surface area is 145 Å². The number of hydrogen-bond donors (Lipinski definition) is 1. The zero-order valence-electron chi connectivity index (χ0n) is 14.7. The predicted molar refractivity (Wildman–Crippen MR) is 95.2 cm³/mol. The average Bonchev–Trinajstić information content (AvgIpc) is 2.80. The number of nitrogens with zero attached hydrogens (tertiary/aromatic N) is 1. The second-order valence-electron chi connectivity index (χ2n) is 7.58. The molecule has 1 aromatic rings. The van der Waals surface area contributed by atoms with Crippen molar-refractivity contribution < 1.29 is 13.5 Å². The lowest BCUT2D eigenvalue weighted by atomic mass is 9.83. The van der Waals surface area contributed by atoms with Crippen molar-refractivity contribution in [2.75, 3.05) is 6.54 Å². The second-order valence-corrected chi connectivity index (χ2v) is 9.44. The highest BCUT2D eigenvalue weighted by Crippen LogP contribution is 2.42. The number of aliphatic hydroxyl groups excluding tert-OH is 1. The first-order valence-electron chi connectivity index (χ1n) is 8.71. The normalized spacial score (nSPS) is 27.9. The lowest BCUT2D eigenvalue weighted by Gasteiger charge is -2.33. The third-order valence-electron chi connectivity index (χ3n) is 5.52. The summed E-state index contributed by atoms with van der Waals surface area (Å²) in [7, 11) is -3.62. The second kappa shape index (κ2) is 6.28. The fourth-order valence-corrected chi connectivity index (χ4v) is 5.74. The van der Waals surface area contributed by atoms with E-state index in [-0.39, 0.29) is 5.92 Å². The summed E-state index contributed by atoms with van der Waals surface area (Å²) in [6.45, 7) is 5.95. The first-order valence-corrected chi connectivity index (χ1v) is 10.1. The van der Waals surface area contributed by atoms with Gasteiger partial charge in [-0.2, -0.15) is 4.31 Å². The molecule has 1 aliphatic carbocycles. The van der Waals surface area contributed by atoms with Crippen molar-refractivity contribution in [2.24, 2.45) is 5.92 Å². The van der Waals surface area contributed by atoms with Crippen LogP contribution in [0.25, 0.3) is 0 Å². The summed E-state index contributed by atoms with van der Waals surface area (Å²) in [5.41, 5.74) is 1.44. The van der Waals surface area contributed by atoms with Crippen LogP contribution in [0.4, 0.5) is 0 Å². The minimum Gasteiger partial charge on any atom is -0.391 e. The van der Waals surface area contributed by atoms with Gasteiger partial charge in [0, 0.05) is 12.5 Å². The van der Waals surface area contributed by atoms with Gasteiger partial charge in [-0.25, -0.2) is 8.42 Å². The van der Waals surface area contributed by atoms with Crippen molar-refractivity contribution >= 4 is 10.0 Å². The van der Waals surface area contributed by atoms with Crippen LogP contribution in [0.2, 0.25) is 0 Å². The quantitative estimate of drug-likeness (QED) is 0.852. The SMILES string of the molecule is Cc1ccc(S(=O)(=O)N2C[C@@H](C3=CCCCC3)[C@H](O)C2(C)C)cc1. The smallest absolute Gasteiger partial charge is 0.243 e. The maximum Gasteiger partial charge on any atom is 0.243 e. The van der Waals surface area contributed by atoms with Crippen LogP contribution in [0, 0.1) is 12.8 Å². The topological polar surface area (TPSA) is 57.6 Å². The lowest BCUT2D eigenvalue weighted by molar-refractivity contribution is 0.0720. The number of aryl methyl sites for hydroxylation is 1. The largest absolute Gasteiger partial charge is 0.391 e. The van der Waals surface area contributed by atoms with Crippen molar-refractivity contribution in [1.82, 2.24) is 4.31 Å². The van der Waals surface area contributed by atoms with Crippen LogP contribution in [0.3, 0.4) is 0 Å². The molecule has 0 spiro atoms. The number of hydrogen-bond acceptors (Lipinski definition) is 3. The molecule has 24 heavy (non-hydrogen) atoms. The van der Waals surface area contributed by atoms with Gasteiger partial charge in [-0.15, -0.1) is 0 Å². The molecule has 5 heteroatoms. The highest BCUT2D eigenvalue weighted by atomic mass is 32.2. The van der Waals surface area contributed by atoms with Gasteiger partial charge in [-0.05, 0) is 58.6 Å². The Morgan fingerprint density at radius 2 is 1.83 bits per heavy atom. The van der Waals surface area contributed by atoms with Gasteiger partial charge < -0.3 is 5.11 Å². The molecule has 1 heterocycles. The van der Waals surface area contributed by atoms with E-state index in [0.29, 0.717) is 11.4 Å². The van der Waals surface area contributed by atoms with Crippen LogP contribution in [0.5, 0.6) is 0 Å². The Balaban J connectivity index is 1.95. The fourth-order valence-electron chi connectivity index (χ4n) is 3.92. The van der Waals surface area contributed by atoms with Gasteiger partial charge in [0.25, 0.3) is 0 Å². The number of aliphatic hydroxyl groups is 1. The maximum atomic E-state index is 13.1. The molecule has 2 aliphatic rings. The van der Waals surface area contributed by atoms with Crippen LogP contribution in [-0.2, 0) is 10.0 Å². The van der Waals surface area contributed by atoms with E-state index in [0.717, 1.165) is 24.8 Å². The molecular formula is C19H27NO3S. The molecule has 1 N–H and O–H groups in total. The number of sulfonamides is 1. The van der Waals surface area contributed by atoms with Crippen LogP contribution in [0.15, 0.2) is 40.8 Å². The fraction of sp³-hybridized carbons (Fsp3) is 0.579. The molecule has 1 saturated heterocycles. The first-order chi connectivity index (χ1) is 11.2. The summed E-state index contributed by atoms with van der Waals surface area (Å²) < 4.78 is 27.8. The molecule has 0 unspecified atom stereocenters. The van der Waals surface area contributed by atoms with Crippen molar-refractivity contribution in [3.05, 3.63) is 41.5 Å². The van der Waals surface area contributed by atoms with Gasteiger partial charge in [-0.1, -0.05) is 29.3 Å². The first kappa shape index (κ1) is 17.6. The summed E-state index contributed by atoms with van der Waals surface area (Å²) in [6.07, 6.45) is 5.83. The Kier molecular flexibility index (Phi) is 4.62. The minimum absolute atomic E-state index is 0.0967. The van der Waals surface area contributed by atoms with Crippen LogP contribution >= 0.6 is 0 Å². The van der Waals surface area contributed by atoms with E-state index in [1.54, 1.807) is 12.1 Å². The van der Waals surface area contributed by atoms with Crippen molar-refractivity contribution in [2.45, 2.75) is 63.0 Å². The molecule has 0 bridgehead atoms. The number of benzene rings is 1. The summed E-state index contributed by atoms with van der Waals surface area (Å²) in [5.74, 6) is -0.0967. The van der Waals surface area contributed by atoms with Crippen molar-refractivity contribution in [3.8, 4) is 0 Å². The molecule has 1 aromatic carbocycles. The lowest BCUT2D eigenvalue weighted by Crippen LogP contribution is -2.48. The van der Waals surface area contributed by atoms with Crippen molar-refractivity contribution in [1.29, 1.82) is 0 Å². The highest BCUT2D eigenvalue weighted by Gasteiger charge is 2.52. The van der Waals surface area contributed by atoms with Crippen LogP contribution in [-0.4, -0.2) is 36.0 Å². The molecule has 1 fully saturated rings. The van der Waals surface area contributed by atoms with E-state index in [4.69, 9.17) is 0 Å². The predicted octanol–water partition coefficient (Wildman–Crippen LogP) is 3.26. The Morgan fingerprint density at radius 1 is 1.17 bits per heavy atom. The Bertz CT molecular complexity index is 734. The van der Waals surface area contributed by atoms with Gasteiger partial charge in [0.1, 0.15) is 0 Å². The molecule has 0 amide bonds. The molecule has 0 saturated carbocycles. The maximum absolute atomic E-state index is 13.1. The molecule has 1 aliphatic heterocycles. The van der Waals surface area contributed by atoms with E-state index in [1.165, 1.54) is 16.3 Å².